The summed E-state index contributed by atoms with van der Waals surface area (Å²) in [7, 11) is 1.37. The lowest BCUT2D eigenvalue weighted by Crippen LogP contribution is -2.20. The van der Waals surface area contributed by atoms with E-state index in [2.05, 4.69) is 4.98 Å². The number of carbonyl (C=O) groups excluding carboxylic acids is 1. The normalized spacial score (nSPS) is 9.72. The highest BCUT2D eigenvalue weighted by Crippen LogP contribution is 2.35. The molecule has 1 aromatic heterocycles. The molecule has 0 atom stereocenters. The topological polar surface area (TPSA) is 168 Å². The zero-order valence-electron chi connectivity index (χ0n) is 13.1. The van der Waals surface area contributed by atoms with Gasteiger partial charge in [-0.15, -0.1) is 0 Å². The summed E-state index contributed by atoms with van der Waals surface area (Å²) in [6.07, 6.45) is 0. The maximum Gasteiger partial charge on any atom is 0.268 e. The second-order valence-electron chi connectivity index (χ2n) is 4.84. The van der Waals surface area contributed by atoms with E-state index < -0.39 is 11.5 Å². The van der Waals surface area contributed by atoms with Gasteiger partial charge in [0.15, 0.2) is 18.1 Å². The number of rotatable bonds is 5. The van der Waals surface area contributed by atoms with E-state index in [0.717, 1.165) is 0 Å². The SMILES string of the molecule is COc1cc(-c2c(C#N)c(N)[nH]c(=O)c2C#N)ccc1OCC(N)=O. The minimum atomic E-state index is -0.706. The fraction of sp³-hybridized carbons (Fsp3) is 0.125. The predicted molar refractivity (Wildman–Crippen MR) is 87.6 cm³/mol. The predicted octanol–water partition coefficient (Wildman–Crippen LogP) is 0.240. The molecule has 9 heteroatoms. The summed E-state index contributed by atoms with van der Waals surface area (Å²) in [5.41, 5.74) is 10.2. The second-order valence-corrected chi connectivity index (χ2v) is 4.84. The molecule has 2 aromatic rings. The number of nitrogens with one attached hydrogen (secondary N) is 1. The third kappa shape index (κ3) is 3.35. The number of hydrogen-bond donors (Lipinski definition) is 3. The molecule has 0 unspecified atom stereocenters. The quantitative estimate of drug-likeness (QED) is 0.700. The van der Waals surface area contributed by atoms with Crippen LogP contribution in [0.4, 0.5) is 5.82 Å². The molecule has 0 bridgehead atoms. The number of pyridine rings is 1. The van der Waals surface area contributed by atoms with Gasteiger partial charge < -0.3 is 25.9 Å². The van der Waals surface area contributed by atoms with E-state index in [9.17, 15) is 20.1 Å². The van der Waals surface area contributed by atoms with Gasteiger partial charge in [-0.05, 0) is 17.7 Å². The molecular weight excluding hydrogens is 326 g/mol. The summed E-state index contributed by atoms with van der Waals surface area (Å²) >= 11 is 0. The Kier molecular flexibility index (Phi) is 4.91. The number of benzene rings is 1. The van der Waals surface area contributed by atoms with Crippen molar-refractivity contribution in [3.8, 4) is 34.8 Å². The summed E-state index contributed by atoms with van der Waals surface area (Å²) in [6.45, 7) is -0.347. The van der Waals surface area contributed by atoms with Crippen LogP contribution < -0.4 is 26.5 Å². The molecule has 1 heterocycles. The first-order valence-corrected chi connectivity index (χ1v) is 6.88. The molecule has 0 aliphatic rings. The lowest BCUT2D eigenvalue weighted by atomic mass is 9.96. The number of nitrogens with zero attached hydrogens (tertiary/aromatic N) is 2. The molecule has 1 amide bonds. The molecule has 0 fully saturated rings. The van der Waals surface area contributed by atoms with Gasteiger partial charge in [-0.3, -0.25) is 9.59 Å². The average Bonchev–Trinajstić information content (AvgIpc) is 2.59. The molecule has 0 saturated heterocycles. The van der Waals surface area contributed by atoms with Crippen LogP contribution in [0.25, 0.3) is 11.1 Å². The Labute approximate surface area is 142 Å². The standard InChI is InChI=1S/C16H13N5O4/c1-24-12-4-8(2-3-11(12)25-7-13(19)22)14-9(5-17)15(20)21-16(23)10(14)6-18/h2-4H,7H2,1H3,(H2,19,22)(H3,20,21,23). The molecule has 25 heavy (non-hydrogen) atoms. The van der Waals surface area contributed by atoms with Crippen molar-refractivity contribution in [2.45, 2.75) is 0 Å². The van der Waals surface area contributed by atoms with Crippen LogP contribution in [0.2, 0.25) is 0 Å². The molecule has 0 radical (unpaired) electrons. The maximum absolute atomic E-state index is 12.0. The number of aromatic amines is 1. The Balaban J connectivity index is 2.68. The van der Waals surface area contributed by atoms with Crippen LogP contribution in [-0.4, -0.2) is 24.6 Å². The van der Waals surface area contributed by atoms with E-state index in [0.29, 0.717) is 5.56 Å². The van der Waals surface area contributed by atoms with E-state index in [1.807, 2.05) is 6.07 Å². The molecular formula is C16H13N5O4. The van der Waals surface area contributed by atoms with Gasteiger partial charge in [0.25, 0.3) is 11.5 Å². The van der Waals surface area contributed by atoms with Gasteiger partial charge in [0.2, 0.25) is 0 Å². The monoisotopic (exact) mass is 339 g/mol. The molecule has 0 saturated carbocycles. The summed E-state index contributed by atoms with van der Waals surface area (Å²) in [5, 5.41) is 18.6. The molecule has 2 rings (SSSR count). The van der Waals surface area contributed by atoms with Crippen LogP contribution in [0.1, 0.15) is 11.1 Å². The average molecular weight is 339 g/mol. The summed E-state index contributed by atoms with van der Waals surface area (Å²) < 4.78 is 10.4. The number of amides is 1. The number of aromatic nitrogens is 1. The fourth-order valence-corrected chi connectivity index (χ4v) is 2.22. The zero-order chi connectivity index (χ0) is 18.6. The third-order valence-electron chi connectivity index (χ3n) is 3.29. The summed E-state index contributed by atoms with van der Waals surface area (Å²) in [4.78, 5) is 25.1. The number of H-pyrrole nitrogens is 1. The van der Waals surface area contributed by atoms with Crippen LogP contribution in [0.5, 0.6) is 11.5 Å². The molecule has 0 aliphatic carbocycles. The highest BCUT2D eigenvalue weighted by molar-refractivity contribution is 5.81. The smallest absolute Gasteiger partial charge is 0.268 e. The number of hydrogen-bond acceptors (Lipinski definition) is 7. The van der Waals surface area contributed by atoms with E-state index >= 15 is 0 Å². The zero-order valence-corrected chi connectivity index (χ0v) is 13.1. The number of methoxy groups -OCH3 is 1. The Morgan fingerprint density at radius 1 is 1.24 bits per heavy atom. The Hall–Kier alpha value is -3.98. The van der Waals surface area contributed by atoms with E-state index in [-0.39, 0.29) is 40.6 Å². The van der Waals surface area contributed by atoms with E-state index in [1.165, 1.54) is 25.3 Å². The van der Waals surface area contributed by atoms with Crippen molar-refractivity contribution in [2.24, 2.45) is 5.73 Å². The highest BCUT2D eigenvalue weighted by atomic mass is 16.5. The van der Waals surface area contributed by atoms with Gasteiger partial charge in [-0.2, -0.15) is 10.5 Å². The number of ether oxygens (including phenoxy) is 2. The number of anilines is 1. The van der Waals surface area contributed by atoms with Crippen molar-refractivity contribution < 1.29 is 14.3 Å². The van der Waals surface area contributed by atoms with E-state index in [4.69, 9.17) is 20.9 Å². The van der Waals surface area contributed by atoms with Crippen LogP contribution in [0.3, 0.4) is 0 Å². The molecule has 0 aliphatic heterocycles. The van der Waals surface area contributed by atoms with Gasteiger partial charge in [0.1, 0.15) is 29.1 Å². The Morgan fingerprint density at radius 2 is 1.92 bits per heavy atom. The van der Waals surface area contributed by atoms with Gasteiger partial charge in [-0.25, -0.2) is 0 Å². The third-order valence-corrected chi connectivity index (χ3v) is 3.29. The maximum atomic E-state index is 12.0. The number of nitrogens with two attached hydrogens (primary N) is 2. The number of nitrogen functional groups attached to an aromatic ring is 1. The van der Waals surface area contributed by atoms with E-state index in [1.54, 1.807) is 6.07 Å². The van der Waals surface area contributed by atoms with Crippen molar-refractivity contribution in [3.05, 3.63) is 39.7 Å². The molecule has 5 N–H and O–H groups in total. The number of carbonyl (C=O) groups is 1. The second kappa shape index (κ2) is 7.06. The first-order valence-electron chi connectivity index (χ1n) is 6.88. The largest absolute Gasteiger partial charge is 0.493 e. The molecule has 9 nitrogen and oxygen atoms in total. The van der Waals surface area contributed by atoms with Gasteiger partial charge >= 0.3 is 0 Å². The van der Waals surface area contributed by atoms with Gasteiger partial charge in [-0.1, -0.05) is 6.07 Å². The van der Waals surface area contributed by atoms with Gasteiger partial charge in [0.05, 0.1) is 7.11 Å². The van der Waals surface area contributed by atoms with Crippen molar-refractivity contribution in [2.75, 3.05) is 19.5 Å². The lowest BCUT2D eigenvalue weighted by Gasteiger charge is -2.13. The van der Waals surface area contributed by atoms with Crippen LogP contribution in [-0.2, 0) is 4.79 Å². The molecule has 0 spiro atoms. The van der Waals surface area contributed by atoms with Crippen molar-refractivity contribution in [1.82, 2.24) is 4.98 Å². The van der Waals surface area contributed by atoms with Crippen LogP contribution >= 0.6 is 0 Å². The summed E-state index contributed by atoms with van der Waals surface area (Å²) in [5.74, 6) is -0.341. The number of nitriles is 2. The van der Waals surface area contributed by atoms with Crippen LogP contribution in [0, 0.1) is 22.7 Å². The Morgan fingerprint density at radius 3 is 2.48 bits per heavy atom. The molecule has 1 aromatic carbocycles. The minimum absolute atomic E-state index is 0.0380. The van der Waals surface area contributed by atoms with Gasteiger partial charge in [0, 0.05) is 5.56 Å². The van der Waals surface area contributed by atoms with Crippen molar-refractivity contribution >= 4 is 11.7 Å². The minimum Gasteiger partial charge on any atom is -0.493 e. The molecule has 126 valence electrons. The highest BCUT2D eigenvalue weighted by Gasteiger charge is 2.19. The fourth-order valence-electron chi connectivity index (χ4n) is 2.22. The first kappa shape index (κ1) is 17.4. The first-order chi connectivity index (χ1) is 11.9. The summed E-state index contributed by atoms with van der Waals surface area (Å²) in [6, 6.07) is 8.09. The van der Waals surface area contributed by atoms with Crippen molar-refractivity contribution in [1.29, 1.82) is 10.5 Å². The number of primary amides is 1. The van der Waals surface area contributed by atoms with Crippen molar-refractivity contribution in [3.63, 3.8) is 0 Å². The van der Waals surface area contributed by atoms with Crippen LogP contribution in [0.15, 0.2) is 23.0 Å². The lowest BCUT2D eigenvalue weighted by molar-refractivity contribution is -0.119. The Bertz CT molecular complexity index is 982.